The van der Waals surface area contributed by atoms with Crippen molar-refractivity contribution < 1.29 is 23.8 Å². The van der Waals surface area contributed by atoms with Crippen LogP contribution in [0.15, 0.2) is 46.9 Å². The largest absolute Gasteiger partial charge is 0.492 e. The fourth-order valence-corrected chi connectivity index (χ4v) is 2.71. The highest BCUT2D eigenvalue weighted by molar-refractivity contribution is 9.10. The maximum atomic E-state index is 12.4. The molecule has 2 rings (SSSR count). The second-order valence-corrected chi connectivity index (χ2v) is 7.61. The summed E-state index contributed by atoms with van der Waals surface area (Å²) in [6, 6.07) is 11.4. The van der Waals surface area contributed by atoms with E-state index < -0.39 is 5.97 Å². The van der Waals surface area contributed by atoms with E-state index in [2.05, 4.69) is 29.8 Å². The molecule has 0 N–H and O–H groups in total. The molecule has 0 aliphatic rings. The van der Waals surface area contributed by atoms with Gasteiger partial charge in [0.15, 0.2) is 0 Å². The van der Waals surface area contributed by atoms with Crippen LogP contribution in [0.1, 0.15) is 54.3 Å². The van der Waals surface area contributed by atoms with Crippen LogP contribution in [0.5, 0.6) is 11.5 Å². The van der Waals surface area contributed by atoms with Crippen molar-refractivity contribution in [2.45, 2.75) is 33.6 Å². The van der Waals surface area contributed by atoms with E-state index in [0.29, 0.717) is 46.2 Å². The van der Waals surface area contributed by atoms with E-state index >= 15 is 0 Å². The molecule has 0 spiro atoms. The van der Waals surface area contributed by atoms with Crippen molar-refractivity contribution in [2.75, 3.05) is 13.2 Å². The van der Waals surface area contributed by atoms with Crippen LogP contribution >= 0.6 is 15.9 Å². The molecular weight excluding hydrogens is 424 g/mol. The Kier molecular flexibility index (Phi) is 8.51. The lowest BCUT2D eigenvalue weighted by molar-refractivity contribution is 0.0499. The number of hydrogen-bond acceptors (Lipinski definition) is 5. The van der Waals surface area contributed by atoms with Crippen LogP contribution in [0, 0.1) is 5.92 Å². The van der Waals surface area contributed by atoms with E-state index in [1.54, 1.807) is 42.5 Å². The molecule has 5 nitrogen and oxygen atoms in total. The van der Waals surface area contributed by atoms with Crippen molar-refractivity contribution in [3.63, 3.8) is 0 Å². The summed E-state index contributed by atoms with van der Waals surface area (Å²) in [6.07, 6.45) is 1.79. The van der Waals surface area contributed by atoms with Crippen LogP contribution < -0.4 is 9.47 Å². The molecule has 2 aromatic carbocycles. The molecule has 0 aromatic heterocycles. The zero-order valence-corrected chi connectivity index (χ0v) is 18.0. The highest BCUT2D eigenvalue weighted by Crippen LogP contribution is 2.27. The van der Waals surface area contributed by atoms with Crippen molar-refractivity contribution in [1.82, 2.24) is 0 Å². The second-order valence-electron chi connectivity index (χ2n) is 6.75. The number of unbranched alkanes of at least 4 members (excludes halogenated alkanes) is 1. The first-order valence-electron chi connectivity index (χ1n) is 9.32. The van der Waals surface area contributed by atoms with Gasteiger partial charge in [0, 0.05) is 0 Å². The lowest BCUT2D eigenvalue weighted by Crippen LogP contribution is -2.10. The fourth-order valence-electron chi connectivity index (χ4n) is 2.22. The number of benzene rings is 2. The van der Waals surface area contributed by atoms with Crippen molar-refractivity contribution in [3.05, 3.63) is 58.1 Å². The molecule has 6 heteroatoms. The molecule has 0 bridgehead atoms. The van der Waals surface area contributed by atoms with Gasteiger partial charge in [-0.05, 0) is 70.7 Å². The van der Waals surface area contributed by atoms with E-state index in [-0.39, 0.29) is 5.97 Å². The van der Waals surface area contributed by atoms with Crippen LogP contribution in [0.2, 0.25) is 0 Å². The number of carbonyl (C=O) groups is 2. The average Bonchev–Trinajstić information content (AvgIpc) is 2.67. The van der Waals surface area contributed by atoms with Gasteiger partial charge in [-0.25, -0.2) is 9.59 Å². The molecule has 0 amide bonds. The van der Waals surface area contributed by atoms with Crippen molar-refractivity contribution in [1.29, 1.82) is 0 Å². The highest BCUT2D eigenvalue weighted by atomic mass is 79.9. The van der Waals surface area contributed by atoms with E-state index in [4.69, 9.17) is 14.2 Å². The van der Waals surface area contributed by atoms with Gasteiger partial charge in [-0.2, -0.15) is 0 Å². The van der Waals surface area contributed by atoms with Gasteiger partial charge < -0.3 is 14.2 Å². The minimum Gasteiger partial charge on any atom is -0.492 e. The first kappa shape index (κ1) is 22.0. The standard InChI is InChI=1S/C22H25BrO5/c1-4-5-12-26-21(24)16-6-9-18(10-7-16)28-22(25)17-8-11-20(19(23)13-17)27-14-15(2)3/h6-11,13,15H,4-5,12,14H2,1-3H3. The lowest BCUT2D eigenvalue weighted by atomic mass is 10.2. The van der Waals surface area contributed by atoms with Gasteiger partial charge in [-0.3, -0.25) is 0 Å². The Morgan fingerprint density at radius 1 is 1.00 bits per heavy atom. The molecule has 0 fully saturated rings. The molecule has 2 aromatic rings. The SMILES string of the molecule is CCCCOC(=O)c1ccc(OC(=O)c2ccc(OCC(C)C)c(Br)c2)cc1. The van der Waals surface area contributed by atoms with E-state index in [0.717, 1.165) is 12.8 Å². The summed E-state index contributed by atoms with van der Waals surface area (Å²) >= 11 is 3.42. The number of hydrogen-bond donors (Lipinski definition) is 0. The van der Waals surface area contributed by atoms with Gasteiger partial charge in [-0.1, -0.05) is 27.2 Å². The molecule has 0 unspecified atom stereocenters. The predicted octanol–water partition coefficient (Wildman–Crippen LogP) is 5.66. The maximum Gasteiger partial charge on any atom is 0.343 e. The van der Waals surface area contributed by atoms with Crippen molar-refractivity contribution in [2.24, 2.45) is 5.92 Å². The first-order chi connectivity index (χ1) is 13.4. The zero-order valence-electron chi connectivity index (χ0n) is 16.4. The van der Waals surface area contributed by atoms with Crippen LogP contribution in [-0.2, 0) is 4.74 Å². The van der Waals surface area contributed by atoms with E-state index in [1.807, 2.05) is 6.92 Å². The van der Waals surface area contributed by atoms with Crippen LogP contribution in [0.3, 0.4) is 0 Å². The Morgan fingerprint density at radius 2 is 1.68 bits per heavy atom. The highest BCUT2D eigenvalue weighted by Gasteiger charge is 2.13. The smallest absolute Gasteiger partial charge is 0.343 e. The third-order valence-corrected chi connectivity index (χ3v) is 4.39. The van der Waals surface area contributed by atoms with Crippen LogP contribution in [0.25, 0.3) is 0 Å². The summed E-state index contributed by atoms with van der Waals surface area (Å²) in [7, 11) is 0. The van der Waals surface area contributed by atoms with Gasteiger partial charge in [-0.15, -0.1) is 0 Å². The summed E-state index contributed by atoms with van der Waals surface area (Å²) < 4.78 is 16.9. The minimum atomic E-state index is -0.491. The number of carbonyl (C=O) groups excluding carboxylic acids is 2. The Bertz CT molecular complexity index is 799. The Balaban J connectivity index is 1.97. The molecule has 150 valence electrons. The molecule has 28 heavy (non-hydrogen) atoms. The van der Waals surface area contributed by atoms with E-state index in [1.165, 1.54) is 0 Å². The summed E-state index contributed by atoms with van der Waals surface area (Å²) in [5, 5.41) is 0. The molecule has 0 aliphatic heterocycles. The minimum absolute atomic E-state index is 0.353. The Morgan fingerprint density at radius 3 is 2.29 bits per heavy atom. The Hall–Kier alpha value is -2.34. The van der Waals surface area contributed by atoms with Gasteiger partial charge in [0.2, 0.25) is 0 Å². The fraction of sp³-hybridized carbons (Fsp3) is 0.364. The quantitative estimate of drug-likeness (QED) is 0.281. The average molecular weight is 449 g/mol. The van der Waals surface area contributed by atoms with Crippen LogP contribution in [-0.4, -0.2) is 25.2 Å². The number of ether oxygens (including phenoxy) is 3. The van der Waals surface area contributed by atoms with Crippen LogP contribution in [0.4, 0.5) is 0 Å². The topological polar surface area (TPSA) is 61.8 Å². The predicted molar refractivity (Wildman–Crippen MR) is 111 cm³/mol. The van der Waals surface area contributed by atoms with Gasteiger partial charge in [0.1, 0.15) is 11.5 Å². The normalized spacial score (nSPS) is 10.6. The molecule has 0 heterocycles. The summed E-state index contributed by atoms with van der Waals surface area (Å²) in [5.41, 5.74) is 0.817. The zero-order chi connectivity index (χ0) is 20.5. The van der Waals surface area contributed by atoms with Gasteiger partial charge in [0.25, 0.3) is 0 Å². The third kappa shape index (κ3) is 6.68. The summed E-state index contributed by atoms with van der Waals surface area (Å²) in [4.78, 5) is 24.3. The van der Waals surface area contributed by atoms with Gasteiger partial charge >= 0.3 is 11.9 Å². The third-order valence-electron chi connectivity index (χ3n) is 3.77. The molecule has 0 atom stereocenters. The molecule has 0 saturated carbocycles. The number of halogens is 1. The lowest BCUT2D eigenvalue weighted by Gasteiger charge is -2.11. The van der Waals surface area contributed by atoms with Gasteiger partial charge in [0.05, 0.1) is 28.8 Å². The second kappa shape index (κ2) is 10.9. The number of rotatable bonds is 9. The summed E-state index contributed by atoms with van der Waals surface area (Å²) in [5.74, 6) is 0.563. The van der Waals surface area contributed by atoms with Crippen molar-refractivity contribution in [3.8, 4) is 11.5 Å². The maximum absolute atomic E-state index is 12.4. The molecule has 0 saturated heterocycles. The molecule has 0 radical (unpaired) electrons. The molecule has 0 aliphatic carbocycles. The van der Waals surface area contributed by atoms with E-state index in [9.17, 15) is 9.59 Å². The summed E-state index contributed by atoms with van der Waals surface area (Å²) in [6.45, 7) is 7.15. The van der Waals surface area contributed by atoms with Crippen molar-refractivity contribution >= 4 is 27.9 Å². The monoisotopic (exact) mass is 448 g/mol. The first-order valence-corrected chi connectivity index (χ1v) is 10.1. The number of esters is 2. The Labute approximate surface area is 174 Å². The molecular formula is C22H25BrO5.